The van der Waals surface area contributed by atoms with Crippen molar-refractivity contribution in [3.8, 4) is 67.4 Å². The molecule has 10 aromatic carbocycles. The quantitative estimate of drug-likeness (QED) is 0.157. The number of benzene rings is 10. The zero-order chi connectivity index (χ0) is 46.1. The maximum Gasteiger partial charge on any atom is 0.159 e. The minimum atomic E-state index is -0.420. The van der Waals surface area contributed by atoms with Gasteiger partial charge in [0.15, 0.2) is 5.84 Å². The van der Waals surface area contributed by atoms with E-state index in [1.54, 1.807) is 0 Å². The summed E-state index contributed by atoms with van der Waals surface area (Å²) in [6.07, 6.45) is -0.420. The molecule has 2 heterocycles. The summed E-state index contributed by atoms with van der Waals surface area (Å²) < 4.78 is 2.39. The number of nitrogens with zero attached hydrogens (tertiary/aromatic N) is 4. The van der Waals surface area contributed by atoms with Crippen LogP contribution in [0.3, 0.4) is 0 Å². The monoisotopic (exact) mass is 881 g/mol. The lowest BCUT2D eigenvalue weighted by Gasteiger charge is -2.26. The summed E-state index contributed by atoms with van der Waals surface area (Å²) in [7, 11) is 0. The molecule has 1 aliphatic heterocycles. The lowest BCUT2D eigenvalue weighted by Crippen LogP contribution is -2.33. The van der Waals surface area contributed by atoms with Gasteiger partial charge in [0.05, 0.1) is 28.4 Å². The first-order chi connectivity index (χ1) is 34.1. The van der Waals surface area contributed by atoms with Crippen molar-refractivity contribution in [3.63, 3.8) is 0 Å². The van der Waals surface area contributed by atoms with E-state index >= 15 is 0 Å². The minimum Gasteiger partial charge on any atom is -0.344 e. The third-order valence-corrected chi connectivity index (χ3v) is 13.1. The van der Waals surface area contributed by atoms with Crippen LogP contribution in [0, 0.1) is 11.3 Å². The van der Waals surface area contributed by atoms with Gasteiger partial charge in [-0.1, -0.05) is 206 Å². The Labute approximate surface area is 401 Å². The summed E-state index contributed by atoms with van der Waals surface area (Å²) in [6.45, 7) is 0. The average molecular weight is 882 g/mol. The summed E-state index contributed by atoms with van der Waals surface area (Å²) in [4.78, 5) is 10.7. The van der Waals surface area contributed by atoms with Crippen LogP contribution in [0.25, 0.3) is 83.1 Å². The number of nitriles is 1. The highest BCUT2D eigenvalue weighted by Gasteiger charge is 2.26. The Morgan fingerprint density at radius 1 is 0.391 bits per heavy atom. The normalized spacial score (nSPS) is 13.3. The predicted octanol–water partition coefficient (Wildman–Crippen LogP) is 15.5. The van der Waals surface area contributed by atoms with Crippen LogP contribution in [0.2, 0.25) is 0 Å². The molecule has 69 heavy (non-hydrogen) atoms. The van der Waals surface area contributed by atoms with Crippen molar-refractivity contribution in [3.05, 3.63) is 271 Å². The molecule has 0 saturated carbocycles. The van der Waals surface area contributed by atoms with Crippen molar-refractivity contribution in [1.29, 1.82) is 5.26 Å². The smallest absolute Gasteiger partial charge is 0.159 e. The zero-order valence-corrected chi connectivity index (χ0v) is 37.5. The van der Waals surface area contributed by atoms with E-state index in [1.165, 1.54) is 0 Å². The summed E-state index contributed by atoms with van der Waals surface area (Å²) in [6, 6.07) is 89.5. The first-order valence-electron chi connectivity index (χ1n) is 23.2. The number of aromatic nitrogens is 1. The van der Waals surface area contributed by atoms with Crippen LogP contribution in [-0.4, -0.2) is 16.2 Å². The van der Waals surface area contributed by atoms with Crippen LogP contribution >= 0.6 is 0 Å². The van der Waals surface area contributed by atoms with E-state index < -0.39 is 6.17 Å². The van der Waals surface area contributed by atoms with Crippen molar-refractivity contribution in [2.24, 2.45) is 9.98 Å². The fourth-order valence-corrected chi connectivity index (χ4v) is 9.66. The molecule has 0 fully saturated rings. The minimum absolute atomic E-state index is 0.420. The van der Waals surface area contributed by atoms with E-state index in [2.05, 4.69) is 234 Å². The van der Waals surface area contributed by atoms with E-state index in [1.807, 2.05) is 30.3 Å². The van der Waals surface area contributed by atoms with Gasteiger partial charge >= 0.3 is 0 Å². The second-order valence-corrected chi connectivity index (χ2v) is 17.3. The average Bonchev–Trinajstić information content (AvgIpc) is 3.76. The molecule has 5 heteroatoms. The molecule has 11 aromatic rings. The summed E-state index contributed by atoms with van der Waals surface area (Å²) in [5.41, 5.74) is 17.6. The van der Waals surface area contributed by atoms with Gasteiger partial charge in [-0.25, -0.2) is 9.98 Å². The predicted molar refractivity (Wildman–Crippen MR) is 285 cm³/mol. The first kappa shape index (κ1) is 41.1. The van der Waals surface area contributed by atoms with Gasteiger partial charge < -0.3 is 9.88 Å². The Bertz CT molecular complexity index is 3700. The van der Waals surface area contributed by atoms with Gasteiger partial charge in [0, 0.05) is 33.0 Å². The number of nitrogens with one attached hydrogen (secondary N) is 1. The third kappa shape index (κ3) is 7.86. The van der Waals surface area contributed by atoms with E-state index in [4.69, 9.17) is 9.98 Å². The molecule has 1 aliphatic rings. The number of hydrogen-bond donors (Lipinski definition) is 1. The molecule has 1 unspecified atom stereocenters. The zero-order valence-electron chi connectivity index (χ0n) is 37.5. The van der Waals surface area contributed by atoms with Crippen LogP contribution in [0.4, 0.5) is 0 Å². The highest BCUT2D eigenvalue weighted by atomic mass is 15.2. The van der Waals surface area contributed by atoms with Gasteiger partial charge in [-0.15, -0.1) is 0 Å². The van der Waals surface area contributed by atoms with Crippen LogP contribution < -0.4 is 5.32 Å². The highest BCUT2D eigenvalue weighted by Crippen LogP contribution is 2.43. The first-order valence-corrected chi connectivity index (χ1v) is 23.2. The topological polar surface area (TPSA) is 65.5 Å². The molecule has 0 aliphatic carbocycles. The van der Waals surface area contributed by atoms with Crippen LogP contribution in [0.1, 0.15) is 28.4 Å². The Kier molecular flexibility index (Phi) is 10.6. The van der Waals surface area contributed by atoms with Crippen LogP contribution in [-0.2, 0) is 0 Å². The van der Waals surface area contributed by atoms with Gasteiger partial charge in [-0.2, -0.15) is 5.26 Å². The SMILES string of the molecule is N#Cc1ccc2c(c1)c1cc(-c3ccccc3)ccc1n2-c1c(-c2ccccc2)cc(C2=NC(c3ccc(-c4ccccc4)cc3)=NC(c3ccc(-c4ccccc4)cc3)N2)cc1-c1ccccc1. The van der Waals surface area contributed by atoms with Crippen LogP contribution in [0.5, 0.6) is 0 Å². The lowest BCUT2D eigenvalue weighted by molar-refractivity contribution is 0.674. The molecule has 0 spiro atoms. The van der Waals surface area contributed by atoms with Crippen molar-refractivity contribution < 1.29 is 0 Å². The fourth-order valence-electron chi connectivity index (χ4n) is 9.66. The van der Waals surface area contributed by atoms with Gasteiger partial charge in [0.2, 0.25) is 0 Å². The largest absolute Gasteiger partial charge is 0.344 e. The fraction of sp³-hybridized carbons (Fsp3) is 0.0156. The molecular weight excluding hydrogens is 839 g/mol. The second kappa shape index (κ2) is 17.8. The molecule has 0 bridgehead atoms. The Balaban J connectivity index is 1.08. The van der Waals surface area contributed by atoms with Crippen molar-refractivity contribution in [2.45, 2.75) is 6.17 Å². The molecule has 1 aromatic heterocycles. The Hall–Kier alpha value is -9.37. The van der Waals surface area contributed by atoms with E-state index in [-0.39, 0.29) is 0 Å². The van der Waals surface area contributed by atoms with E-state index in [0.717, 1.165) is 106 Å². The lowest BCUT2D eigenvalue weighted by atomic mass is 9.92. The third-order valence-electron chi connectivity index (χ3n) is 13.1. The molecule has 5 nitrogen and oxygen atoms in total. The number of aliphatic imine (C=N–C) groups is 2. The number of hydrogen-bond acceptors (Lipinski definition) is 4. The molecule has 0 amide bonds. The molecule has 324 valence electrons. The molecule has 1 atom stereocenters. The summed E-state index contributed by atoms with van der Waals surface area (Å²) in [5, 5.41) is 16.1. The highest BCUT2D eigenvalue weighted by molar-refractivity contribution is 6.16. The van der Waals surface area contributed by atoms with Gasteiger partial charge in [0.25, 0.3) is 0 Å². The molecular formula is C64H43N5. The van der Waals surface area contributed by atoms with E-state index in [0.29, 0.717) is 11.4 Å². The molecule has 1 N–H and O–H groups in total. The number of amidine groups is 2. The van der Waals surface area contributed by atoms with E-state index in [9.17, 15) is 5.26 Å². The van der Waals surface area contributed by atoms with Gasteiger partial charge in [-0.05, 0) is 92.5 Å². The summed E-state index contributed by atoms with van der Waals surface area (Å²) in [5.74, 6) is 1.37. The molecule has 0 radical (unpaired) electrons. The number of rotatable bonds is 9. The van der Waals surface area contributed by atoms with Gasteiger partial charge in [-0.3, -0.25) is 0 Å². The van der Waals surface area contributed by atoms with Crippen LogP contribution in [0.15, 0.2) is 259 Å². The van der Waals surface area contributed by atoms with Crippen molar-refractivity contribution in [2.75, 3.05) is 0 Å². The molecule has 12 rings (SSSR count). The Morgan fingerprint density at radius 3 is 1.33 bits per heavy atom. The maximum absolute atomic E-state index is 10.2. The molecule has 0 saturated heterocycles. The maximum atomic E-state index is 10.2. The standard InChI is InChI=1S/C64H43N5/c65-42-43-26-36-59-57(38-43)58-39-53(46-20-10-3-11-21-46)35-37-60(58)69(59)61-55(49-22-12-4-13-23-49)40-54(41-56(61)50-24-14-5-15-25-50)64-67-62(51-31-27-47(28-32-51)44-16-6-1-7-17-44)66-63(68-64)52-33-29-48(30-34-52)45-18-8-2-9-19-45/h1-41,62H,(H,66,67,68). The summed E-state index contributed by atoms with van der Waals surface area (Å²) >= 11 is 0. The van der Waals surface area contributed by atoms with Crippen molar-refractivity contribution >= 4 is 33.5 Å². The second-order valence-electron chi connectivity index (χ2n) is 17.3. The van der Waals surface area contributed by atoms with Crippen molar-refractivity contribution in [1.82, 2.24) is 9.88 Å². The number of fused-ring (bicyclic) bond motifs is 3. The van der Waals surface area contributed by atoms with Gasteiger partial charge in [0.1, 0.15) is 12.0 Å². The Morgan fingerprint density at radius 2 is 0.812 bits per heavy atom.